The van der Waals surface area contributed by atoms with Crippen LogP contribution in [0.15, 0.2) is 0 Å². The number of hydrogen-bond donors (Lipinski definition) is 0. The van der Waals surface area contributed by atoms with Gasteiger partial charge in [-0.25, -0.2) is 0 Å². The SMILES string of the molecule is CCC1(C2CC2)CCC1. The molecule has 2 fully saturated rings. The van der Waals surface area contributed by atoms with Crippen LogP contribution in [-0.4, -0.2) is 0 Å². The van der Waals surface area contributed by atoms with Crippen molar-refractivity contribution in [1.29, 1.82) is 0 Å². The topological polar surface area (TPSA) is 0 Å². The van der Waals surface area contributed by atoms with E-state index in [0.717, 1.165) is 11.3 Å². The molecule has 0 saturated heterocycles. The van der Waals surface area contributed by atoms with Gasteiger partial charge in [-0.15, -0.1) is 0 Å². The molecule has 0 unspecified atom stereocenters. The van der Waals surface area contributed by atoms with Crippen LogP contribution in [0.4, 0.5) is 0 Å². The molecule has 2 aliphatic rings. The van der Waals surface area contributed by atoms with Gasteiger partial charge in [-0.1, -0.05) is 19.8 Å². The monoisotopic (exact) mass is 124 g/mol. The minimum absolute atomic E-state index is 0.875. The average Bonchev–Trinajstić information content (AvgIpc) is 2.47. The van der Waals surface area contributed by atoms with Crippen molar-refractivity contribution in [3.8, 4) is 0 Å². The van der Waals surface area contributed by atoms with Crippen molar-refractivity contribution in [1.82, 2.24) is 0 Å². The van der Waals surface area contributed by atoms with Gasteiger partial charge in [0, 0.05) is 0 Å². The molecule has 0 heteroatoms. The van der Waals surface area contributed by atoms with Gasteiger partial charge in [-0.3, -0.25) is 0 Å². The summed E-state index contributed by atoms with van der Waals surface area (Å²) in [6, 6.07) is 0. The van der Waals surface area contributed by atoms with E-state index >= 15 is 0 Å². The van der Waals surface area contributed by atoms with Gasteiger partial charge in [0.05, 0.1) is 0 Å². The molecule has 0 radical (unpaired) electrons. The van der Waals surface area contributed by atoms with Crippen LogP contribution in [0.25, 0.3) is 0 Å². The Kier molecular flexibility index (Phi) is 1.12. The molecule has 2 rings (SSSR count). The van der Waals surface area contributed by atoms with Crippen LogP contribution >= 0.6 is 0 Å². The van der Waals surface area contributed by atoms with E-state index in [-0.39, 0.29) is 0 Å². The second-order valence-electron chi connectivity index (χ2n) is 3.84. The van der Waals surface area contributed by atoms with Crippen molar-refractivity contribution in [2.24, 2.45) is 11.3 Å². The van der Waals surface area contributed by atoms with Crippen molar-refractivity contribution in [3.05, 3.63) is 0 Å². The molecule has 52 valence electrons. The van der Waals surface area contributed by atoms with Gasteiger partial charge < -0.3 is 0 Å². The number of hydrogen-bond acceptors (Lipinski definition) is 0. The maximum atomic E-state index is 2.37. The molecule has 9 heavy (non-hydrogen) atoms. The van der Waals surface area contributed by atoms with Crippen molar-refractivity contribution in [2.45, 2.75) is 45.4 Å². The molecular weight excluding hydrogens is 108 g/mol. The molecule has 0 heterocycles. The standard InChI is InChI=1S/C9H16/c1-2-9(6-3-7-9)8-4-5-8/h8H,2-7H2,1H3. The number of rotatable bonds is 2. The van der Waals surface area contributed by atoms with Crippen LogP contribution < -0.4 is 0 Å². The van der Waals surface area contributed by atoms with E-state index in [0.29, 0.717) is 0 Å². The zero-order chi connectivity index (χ0) is 6.32. The quantitative estimate of drug-likeness (QED) is 0.531. The summed E-state index contributed by atoms with van der Waals surface area (Å²) < 4.78 is 0. The van der Waals surface area contributed by atoms with Crippen molar-refractivity contribution in [2.75, 3.05) is 0 Å². The largest absolute Gasteiger partial charge is 0.0648 e. The fraction of sp³-hybridized carbons (Fsp3) is 1.00. The van der Waals surface area contributed by atoms with Gasteiger partial charge in [0.15, 0.2) is 0 Å². The lowest BCUT2D eigenvalue weighted by molar-refractivity contribution is 0.0954. The zero-order valence-corrected chi connectivity index (χ0v) is 6.32. The maximum absolute atomic E-state index is 2.37. The van der Waals surface area contributed by atoms with Crippen LogP contribution in [-0.2, 0) is 0 Å². The average molecular weight is 124 g/mol. The van der Waals surface area contributed by atoms with E-state index in [4.69, 9.17) is 0 Å². The van der Waals surface area contributed by atoms with Crippen molar-refractivity contribution in [3.63, 3.8) is 0 Å². The van der Waals surface area contributed by atoms with Crippen molar-refractivity contribution >= 4 is 0 Å². The Bertz CT molecular complexity index is 102. The molecule has 0 N–H and O–H groups in total. The lowest BCUT2D eigenvalue weighted by Gasteiger charge is -2.41. The molecule has 0 nitrogen and oxygen atoms in total. The normalized spacial score (nSPS) is 31.7. The van der Waals surface area contributed by atoms with E-state index in [9.17, 15) is 0 Å². The summed E-state index contributed by atoms with van der Waals surface area (Å²) in [6.07, 6.45) is 9.17. The van der Waals surface area contributed by atoms with E-state index in [1.165, 1.54) is 12.8 Å². The Morgan fingerprint density at radius 1 is 1.33 bits per heavy atom. The second-order valence-corrected chi connectivity index (χ2v) is 3.84. The highest BCUT2D eigenvalue weighted by Gasteiger charge is 2.47. The zero-order valence-electron chi connectivity index (χ0n) is 6.32. The first-order chi connectivity index (χ1) is 4.37. The third kappa shape index (κ3) is 0.720. The van der Waals surface area contributed by atoms with Gasteiger partial charge >= 0.3 is 0 Å². The minimum atomic E-state index is 0.875. The summed E-state index contributed by atoms with van der Waals surface area (Å²) in [6.45, 7) is 2.37. The fourth-order valence-corrected chi connectivity index (χ4v) is 2.38. The Balaban J connectivity index is 1.99. The molecule has 2 aliphatic carbocycles. The summed E-state index contributed by atoms with van der Waals surface area (Å²) in [7, 11) is 0. The molecule has 0 spiro atoms. The summed E-state index contributed by atoms with van der Waals surface area (Å²) in [4.78, 5) is 0. The lowest BCUT2D eigenvalue weighted by Crippen LogP contribution is -2.30. The first-order valence-electron chi connectivity index (χ1n) is 4.37. The first-order valence-corrected chi connectivity index (χ1v) is 4.37. The molecule has 2 saturated carbocycles. The molecule has 0 aromatic heterocycles. The van der Waals surface area contributed by atoms with Gasteiger partial charge in [0.2, 0.25) is 0 Å². The van der Waals surface area contributed by atoms with Gasteiger partial charge in [0.25, 0.3) is 0 Å². The van der Waals surface area contributed by atoms with E-state index in [1.54, 1.807) is 25.7 Å². The predicted molar refractivity (Wildman–Crippen MR) is 39.3 cm³/mol. The minimum Gasteiger partial charge on any atom is -0.0648 e. The molecule has 0 amide bonds. The van der Waals surface area contributed by atoms with E-state index in [2.05, 4.69) is 6.92 Å². The highest BCUT2D eigenvalue weighted by atomic mass is 14.5. The van der Waals surface area contributed by atoms with Crippen LogP contribution in [0.5, 0.6) is 0 Å². The summed E-state index contributed by atoms with van der Waals surface area (Å²) >= 11 is 0. The van der Waals surface area contributed by atoms with Gasteiger partial charge in [-0.05, 0) is 37.0 Å². The maximum Gasteiger partial charge on any atom is -0.0272 e. The van der Waals surface area contributed by atoms with Gasteiger partial charge in [0.1, 0.15) is 0 Å². The molecule has 0 aromatic rings. The predicted octanol–water partition coefficient (Wildman–Crippen LogP) is 2.98. The Morgan fingerprint density at radius 3 is 2.11 bits per heavy atom. The first kappa shape index (κ1) is 5.76. The third-order valence-electron chi connectivity index (χ3n) is 3.50. The van der Waals surface area contributed by atoms with Crippen LogP contribution in [0.1, 0.15) is 45.4 Å². The second kappa shape index (κ2) is 1.74. The van der Waals surface area contributed by atoms with Crippen molar-refractivity contribution < 1.29 is 0 Å². The third-order valence-corrected chi connectivity index (χ3v) is 3.50. The molecule has 0 bridgehead atoms. The smallest absolute Gasteiger partial charge is 0.0272 e. The summed E-state index contributed by atoms with van der Waals surface area (Å²) in [5, 5.41) is 0. The summed E-state index contributed by atoms with van der Waals surface area (Å²) in [5.74, 6) is 1.16. The van der Waals surface area contributed by atoms with E-state index in [1.807, 2.05) is 0 Å². The fourth-order valence-electron chi connectivity index (χ4n) is 2.38. The Hall–Kier alpha value is 0. The Labute approximate surface area is 57.6 Å². The van der Waals surface area contributed by atoms with Gasteiger partial charge in [-0.2, -0.15) is 0 Å². The summed E-state index contributed by atoms with van der Waals surface area (Å²) in [5.41, 5.74) is 0.875. The lowest BCUT2D eigenvalue weighted by atomic mass is 9.64. The molecule has 0 aliphatic heterocycles. The molecule has 0 aromatic carbocycles. The van der Waals surface area contributed by atoms with E-state index < -0.39 is 0 Å². The molecule has 0 atom stereocenters. The highest BCUT2D eigenvalue weighted by Crippen LogP contribution is 2.58. The van der Waals surface area contributed by atoms with Crippen LogP contribution in [0.2, 0.25) is 0 Å². The van der Waals surface area contributed by atoms with Crippen LogP contribution in [0.3, 0.4) is 0 Å². The Morgan fingerprint density at radius 2 is 2.00 bits per heavy atom. The molecular formula is C9H16. The van der Waals surface area contributed by atoms with Crippen LogP contribution in [0, 0.1) is 11.3 Å². The highest BCUT2D eigenvalue weighted by molar-refractivity contribution is 4.98.